The van der Waals surface area contributed by atoms with Crippen molar-refractivity contribution in [3.8, 4) is 22.8 Å². The number of hydrogen-bond acceptors (Lipinski definition) is 8. The second-order valence-electron chi connectivity index (χ2n) is 13.0. The first-order chi connectivity index (χ1) is 24.2. The number of allylic oxidation sites excluding steroid dienone is 1. The van der Waals surface area contributed by atoms with E-state index in [2.05, 4.69) is 16.0 Å². The minimum absolute atomic E-state index is 0.0987. The molecular weight excluding hydrogens is 642 g/mol. The van der Waals surface area contributed by atoms with Gasteiger partial charge in [0.05, 0.1) is 31.5 Å². The first-order valence-electron chi connectivity index (χ1n) is 17.1. The molecule has 0 radical (unpaired) electrons. The Kier molecular flexibility index (Phi) is 10.1. The van der Waals surface area contributed by atoms with Gasteiger partial charge in [0.1, 0.15) is 23.1 Å². The highest BCUT2D eigenvalue weighted by Gasteiger charge is 2.64. The number of benzene rings is 2. The number of fused-ring (bicyclic) bond motifs is 3. The second kappa shape index (κ2) is 14.7. The van der Waals surface area contributed by atoms with Crippen LogP contribution < -0.4 is 25.4 Å². The number of aromatic nitrogens is 1. The zero-order chi connectivity index (χ0) is 35.3. The first-order valence-corrected chi connectivity index (χ1v) is 17.1. The molecule has 3 aromatic rings. The van der Waals surface area contributed by atoms with E-state index in [1.807, 2.05) is 55.5 Å². The number of methoxy groups -OCH3 is 1. The molecule has 2 aromatic carbocycles. The van der Waals surface area contributed by atoms with Crippen LogP contribution in [0.15, 0.2) is 66.7 Å². The Morgan fingerprint density at radius 3 is 2.68 bits per heavy atom. The third-order valence-electron chi connectivity index (χ3n) is 9.55. The number of pyridine rings is 1. The van der Waals surface area contributed by atoms with Crippen LogP contribution in [0, 0.1) is 5.92 Å². The smallest absolute Gasteiger partial charge is 0.409 e. The molecule has 2 fully saturated rings. The summed E-state index contributed by atoms with van der Waals surface area (Å²) in [6.45, 7) is 2.29. The highest BCUT2D eigenvalue weighted by atomic mass is 16.5. The topological polar surface area (TPSA) is 168 Å². The molecule has 13 heteroatoms. The van der Waals surface area contributed by atoms with E-state index < -0.39 is 47.2 Å². The summed E-state index contributed by atoms with van der Waals surface area (Å²) >= 11 is 0. The molecule has 4 N–H and O–H groups in total. The summed E-state index contributed by atoms with van der Waals surface area (Å²) in [5.74, 6) is -1.41. The van der Waals surface area contributed by atoms with Crippen LogP contribution >= 0.6 is 0 Å². The minimum Gasteiger partial charge on any atom is -0.497 e. The highest BCUT2D eigenvalue weighted by Crippen LogP contribution is 2.46. The summed E-state index contributed by atoms with van der Waals surface area (Å²) in [6.07, 6.45) is 5.54. The average Bonchev–Trinajstić information content (AvgIpc) is 3.70. The number of alkyl carbamates (subject to hydrolysis) is 1. The van der Waals surface area contributed by atoms with Crippen LogP contribution in [0.2, 0.25) is 0 Å². The number of carbonyl (C=O) groups excluding carboxylic acids is 3. The first kappa shape index (κ1) is 34.5. The monoisotopic (exact) mass is 685 g/mol. The molecule has 13 nitrogen and oxygen atoms in total. The predicted octanol–water partition coefficient (Wildman–Crippen LogP) is 5.00. The summed E-state index contributed by atoms with van der Waals surface area (Å²) in [7, 11) is 1.57. The van der Waals surface area contributed by atoms with Crippen molar-refractivity contribution < 1.29 is 38.5 Å². The Balaban J connectivity index is 1.40. The number of carboxylic acid groups (broad SMARTS) is 1. The van der Waals surface area contributed by atoms with Crippen LogP contribution in [0.1, 0.15) is 51.9 Å². The van der Waals surface area contributed by atoms with Crippen LogP contribution in [0.25, 0.3) is 22.2 Å². The van der Waals surface area contributed by atoms with E-state index in [9.17, 15) is 24.3 Å². The van der Waals surface area contributed by atoms with Gasteiger partial charge in [-0.05, 0) is 44.2 Å². The van der Waals surface area contributed by atoms with E-state index in [-0.39, 0.29) is 26.0 Å². The van der Waals surface area contributed by atoms with Crippen molar-refractivity contribution in [2.45, 2.75) is 69.2 Å². The van der Waals surface area contributed by atoms with Crippen LogP contribution in [0.3, 0.4) is 0 Å². The van der Waals surface area contributed by atoms with Crippen LogP contribution in [-0.2, 0) is 14.3 Å². The normalized spacial score (nSPS) is 25.0. The maximum Gasteiger partial charge on any atom is 0.409 e. The lowest BCUT2D eigenvalue weighted by Crippen LogP contribution is -2.70. The Hall–Kier alpha value is -5.33. The number of amides is 4. The number of unbranched alkanes of at least 4 members (excludes halogenated alkanes) is 1. The zero-order valence-corrected chi connectivity index (χ0v) is 28.3. The minimum atomic E-state index is -2.03. The maximum atomic E-state index is 14.5. The molecule has 264 valence electrons. The molecule has 4 amide bonds. The van der Waals surface area contributed by atoms with Gasteiger partial charge in [-0.3, -0.25) is 15.0 Å². The number of ether oxygens (including phenoxy) is 3. The molecule has 3 aliphatic rings. The van der Waals surface area contributed by atoms with Crippen molar-refractivity contribution in [1.82, 2.24) is 25.8 Å². The van der Waals surface area contributed by atoms with Crippen LogP contribution in [0.5, 0.6) is 11.5 Å². The Morgan fingerprint density at radius 1 is 1.10 bits per heavy atom. The van der Waals surface area contributed by atoms with Crippen molar-refractivity contribution in [2.24, 2.45) is 5.92 Å². The molecule has 50 heavy (non-hydrogen) atoms. The lowest BCUT2D eigenvalue weighted by Gasteiger charge is -2.37. The standard InChI is InChI=1S/C37H43N5O8/c1-3-4-18-49-35(47)41-37-22-27(50-31-20-29(24-12-8-7-9-13-24)39-30-19-26(48-2)15-16-28(30)31)23-42(37)34(46)38-17-11-6-5-10-14-25-21-36(25,33(44)45)40-32(37)43/h7-10,12-16,19-20,25,27H,3-6,11,17-18,21-23H2,1-2H3,(H,38,46)(H,40,43)(H,41,47)(H,44,45). The van der Waals surface area contributed by atoms with Gasteiger partial charge in [-0.15, -0.1) is 0 Å². The number of carbonyl (C=O) groups is 4. The van der Waals surface area contributed by atoms with Gasteiger partial charge in [0.25, 0.3) is 5.91 Å². The molecule has 6 rings (SSSR count). The summed E-state index contributed by atoms with van der Waals surface area (Å²) in [5.41, 5.74) is -1.52. The van der Waals surface area contributed by atoms with Crippen molar-refractivity contribution in [3.63, 3.8) is 0 Å². The molecule has 1 aliphatic carbocycles. The zero-order valence-electron chi connectivity index (χ0n) is 28.3. The number of hydrogen-bond donors (Lipinski definition) is 4. The van der Waals surface area contributed by atoms with E-state index in [1.165, 1.54) is 4.90 Å². The summed E-state index contributed by atoms with van der Waals surface area (Å²) < 4.78 is 17.5. The molecule has 1 saturated heterocycles. The average molecular weight is 686 g/mol. The lowest BCUT2D eigenvalue weighted by atomic mass is 10.0. The molecule has 0 bridgehead atoms. The molecule has 4 unspecified atom stereocenters. The van der Waals surface area contributed by atoms with E-state index in [1.54, 1.807) is 25.3 Å². The molecular formula is C37H43N5O8. The maximum absolute atomic E-state index is 14.5. The number of nitrogens with zero attached hydrogens (tertiary/aromatic N) is 2. The van der Waals surface area contributed by atoms with Crippen LogP contribution in [0.4, 0.5) is 9.59 Å². The SMILES string of the molecule is CCCCOC(=O)NC12CC(Oc3cc(-c4ccccc4)nc4cc(OC)ccc34)CN1C(=O)NCCCCC=CC1CC1(C(=O)O)NC2=O. The van der Waals surface area contributed by atoms with E-state index in [0.717, 1.165) is 18.4 Å². The van der Waals surface area contributed by atoms with Gasteiger partial charge in [0, 0.05) is 42.0 Å². The summed E-state index contributed by atoms with van der Waals surface area (Å²) in [6, 6.07) is 16.2. The Bertz CT molecular complexity index is 1780. The van der Waals surface area contributed by atoms with E-state index >= 15 is 0 Å². The fourth-order valence-corrected chi connectivity index (χ4v) is 6.65. The predicted molar refractivity (Wildman–Crippen MR) is 185 cm³/mol. The van der Waals surface area contributed by atoms with Gasteiger partial charge in [-0.1, -0.05) is 55.8 Å². The Labute approximate surface area is 290 Å². The second-order valence-corrected chi connectivity index (χ2v) is 13.0. The van der Waals surface area contributed by atoms with Gasteiger partial charge < -0.3 is 30.0 Å². The van der Waals surface area contributed by atoms with Crippen molar-refractivity contribution in [2.75, 3.05) is 26.8 Å². The fraction of sp³-hybridized carbons (Fsp3) is 0.432. The third kappa shape index (κ3) is 7.03. The van der Waals surface area contributed by atoms with E-state index in [4.69, 9.17) is 19.2 Å². The van der Waals surface area contributed by atoms with Crippen LogP contribution in [-0.4, -0.2) is 83.1 Å². The van der Waals surface area contributed by atoms with Gasteiger partial charge >= 0.3 is 18.1 Å². The number of urea groups is 1. The van der Waals surface area contributed by atoms with Gasteiger partial charge in [-0.2, -0.15) is 0 Å². The van der Waals surface area contributed by atoms with Crippen molar-refractivity contribution in [1.29, 1.82) is 0 Å². The number of aliphatic carboxylic acids is 1. The third-order valence-corrected chi connectivity index (χ3v) is 9.55. The summed E-state index contributed by atoms with van der Waals surface area (Å²) in [5, 5.41) is 19.2. The van der Waals surface area contributed by atoms with E-state index in [0.29, 0.717) is 53.9 Å². The molecule has 2 aliphatic heterocycles. The fourth-order valence-electron chi connectivity index (χ4n) is 6.65. The van der Waals surface area contributed by atoms with Gasteiger partial charge in [0.2, 0.25) is 5.66 Å². The Morgan fingerprint density at radius 2 is 1.92 bits per heavy atom. The molecule has 1 aromatic heterocycles. The summed E-state index contributed by atoms with van der Waals surface area (Å²) in [4.78, 5) is 60.4. The molecule has 3 heterocycles. The molecule has 0 spiro atoms. The molecule has 4 atom stereocenters. The lowest BCUT2D eigenvalue weighted by molar-refractivity contribution is -0.145. The largest absolute Gasteiger partial charge is 0.497 e. The van der Waals surface area contributed by atoms with Crippen molar-refractivity contribution >= 4 is 34.9 Å². The molecule has 1 saturated carbocycles. The number of rotatable bonds is 9. The van der Waals surface area contributed by atoms with Gasteiger partial charge in [-0.25, -0.2) is 19.4 Å². The highest BCUT2D eigenvalue weighted by molar-refractivity contribution is 5.99. The van der Waals surface area contributed by atoms with Crippen molar-refractivity contribution in [3.05, 3.63) is 66.7 Å². The quantitative estimate of drug-likeness (QED) is 0.179. The van der Waals surface area contributed by atoms with Gasteiger partial charge in [0.15, 0.2) is 0 Å². The number of carboxylic acids is 1. The number of nitrogens with one attached hydrogen (secondary N) is 3.